The summed E-state index contributed by atoms with van der Waals surface area (Å²) in [5.41, 5.74) is 0.505. The van der Waals surface area contributed by atoms with Crippen LogP contribution < -0.4 is 10.0 Å². The molecular weight excluding hydrogens is 291 g/mol. The van der Waals surface area contributed by atoms with Crippen LogP contribution in [0.15, 0.2) is 24.3 Å². The molecule has 0 aliphatic heterocycles. The number of sulfonamides is 1. The van der Waals surface area contributed by atoms with Gasteiger partial charge in [-0.2, -0.15) is 0 Å². The lowest BCUT2D eigenvalue weighted by atomic mass is 10.2. The van der Waals surface area contributed by atoms with E-state index in [4.69, 9.17) is 0 Å². The van der Waals surface area contributed by atoms with Crippen molar-refractivity contribution in [2.75, 3.05) is 18.4 Å². The SMILES string of the molecule is CC(C)(C)S(=O)(=O)NCCCCCNc1ccccc1F. The maximum Gasteiger partial charge on any atom is 0.216 e. The summed E-state index contributed by atoms with van der Waals surface area (Å²) in [6.07, 6.45) is 2.52. The Bertz CT molecular complexity index is 539. The van der Waals surface area contributed by atoms with Crippen molar-refractivity contribution in [2.24, 2.45) is 0 Å². The van der Waals surface area contributed by atoms with E-state index in [1.54, 1.807) is 39.0 Å². The minimum atomic E-state index is -3.25. The molecule has 0 unspecified atom stereocenters. The highest BCUT2D eigenvalue weighted by atomic mass is 32.2. The average molecular weight is 316 g/mol. The second kappa shape index (κ2) is 7.75. The van der Waals surface area contributed by atoms with Gasteiger partial charge >= 0.3 is 0 Å². The smallest absolute Gasteiger partial charge is 0.216 e. The number of hydrogen-bond acceptors (Lipinski definition) is 3. The lowest BCUT2D eigenvalue weighted by Gasteiger charge is -2.19. The molecule has 0 aliphatic carbocycles. The second-order valence-corrected chi connectivity index (χ2v) is 8.50. The Labute approximate surface area is 127 Å². The number of halogens is 1. The molecule has 0 aromatic heterocycles. The quantitative estimate of drug-likeness (QED) is 0.725. The molecule has 0 bridgehead atoms. The fourth-order valence-corrected chi connectivity index (χ4v) is 2.52. The monoisotopic (exact) mass is 316 g/mol. The molecule has 1 aromatic carbocycles. The molecule has 4 nitrogen and oxygen atoms in total. The molecule has 0 spiro atoms. The first-order valence-corrected chi connectivity index (χ1v) is 8.70. The molecule has 0 heterocycles. The van der Waals surface area contributed by atoms with E-state index < -0.39 is 14.8 Å². The van der Waals surface area contributed by atoms with Crippen molar-refractivity contribution in [1.29, 1.82) is 0 Å². The molecule has 0 saturated carbocycles. The van der Waals surface area contributed by atoms with E-state index in [0.717, 1.165) is 19.3 Å². The standard InChI is InChI=1S/C15H25FN2O2S/c1-15(2,3)21(19,20)18-12-8-4-7-11-17-14-10-6-5-9-13(14)16/h5-6,9-10,17-18H,4,7-8,11-12H2,1-3H3. The van der Waals surface area contributed by atoms with Crippen molar-refractivity contribution in [3.8, 4) is 0 Å². The maximum atomic E-state index is 13.3. The molecule has 0 aliphatic rings. The summed E-state index contributed by atoms with van der Waals surface area (Å²) in [4.78, 5) is 0. The van der Waals surface area contributed by atoms with Crippen LogP contribution in [0.4, 0.5) is 10.1 Å². The Balaban J connectivity index is 2.15. The van der Waals surface area contributed by atoms with Crippen LogP contribution in [-0.4, -0.2) is 26.3 Å². The van der Waals surface area contributed by atoms with Gasteiger partial charge in [-0.25, -0.2) is 17.5 Å². The first-order valence-electron chi connectivity index (χ1n) is 7.22. The highest BCUT2D eigenvalue weighted by molar-refractivity contribution is 7.90. The molecule has 0 radical (unpaired) electrons. The number of benzene rings is 1. The predicted molar refractivity (Wildman–Crippen MR) is 85.4 cm³/mol. The van der Waals surface area contributed by atoms with Crippen LogP contribution in [0, 0.1) is 5.82 Å². The van der Waals surface area contributed by atoms with Gasteiger partial charge in [0.15, 0.2) is 0 Å². The number of unbranched alkanes of at least 4 members (excludes halogenated alkanes) is 2. The Morgan fingerprint density at radius 2 is 1.67 bits per heavy atom. The zero-order valence-corrected chi connectivity index (χ0v) is 13.8. The van der Waals surface area contributed by atoms with Crippen LogP contribution in [0.25, 0.3) is 0 Å². The predicted octanol–water partition coefficient (Wildman–Crippen LogP) is 3.13. The third-order valence-electron chi connectivity index (χ3n) is 3.14. The van der Waals surface area contributed by atoms with Gasteiger partial charge in [0.1, 0.15) is 5.82 Å². The zero-order valence-electron chi connectivity index (χ0n) is 12.9. The molecule has 21 heavy (non-hydrogen) atoms. The van der Waals surface area contributed by atoms with Crippen molar-refractivity contribution >= 4 is 15.7 Å². The minimum absolute atomic E-state index is 0.254. The summed E-state index contributed by atoms with van der Waals surface area (Å²) in [5, 5.41) is 3.03. The largest absolute Gasteiger partial charge is 0.383 e. The van der Waals surface area contributed by atoms with Gasteiger partial charge in [-0.1, -0.05) is 18.6 Å². The van der Waals surface area contributed by atoms with Gasteiger partial charge < -0.3 is 5.32 Å². The molecule has 2 N–H and O–H groups in total. The maximum absolute atomic E-state index is 13.3. The molecule has 120 valence electrons. The normalized spacial score (nSPS) is 12.4. The van der Waals surface area contributed by atoms with Gasteiger partial charge in [-0.15, -0.1) is 0 Å². The summed E-state index contributed by atoms with van der Waals surface area (Å²) < 4.78 is 38.7. The third kappa shape index (κ3) is 6.01. The van der Waals surface area contributed by atoms with Crippen molar-refractivity contribution < 1.29 is 12.8 Å². The Morgan fingerprint density at radius 3 is 2.29 bits per heavy atom. The molecule has 6 heteroatoms. The number of nitrogens with one attached hydrogen (secondary N) is 2. The third-order valence-corrected chi connectivity index (χ3v) is 5.34. The molecule has 0 atom stereocenters. The Kier molecular flexibility index (Phi) is 6.61. The van der Waals surface area contributed by atoms with E-state index in [1.165, 1.54) is 6.07 Å². The summed E-state index contributed by atoms with van der Waals surface area (Å²) in [6.45, 7) is 6.14. The number of anilines is 1. The molecule has 0 amide bonds. The summed E-state index contributed by atoms with van der Waals surface area (Å²) in [6, 6.07) is 6.56. The second-order valence-electron chi connectivity index (χ2n) is 5.98. The lowest BCUT2D eigenvalue weighted by Crippen LogP contribution is -2.39. The molecule has 0 fully saturated rings. The Hall–Kier alpha value is -1.14. The lowest BCUT2D eigenvalue weighted by molar-refractivity contribution is 0.540. The van der Waals surface area contributed by atoms with Crippen molar-refractivity contribution in [2.45, 2.75) is 44.8 Å². The van der Waals surface area contributed by atoms with Crippen LogP contribution in [0.1, 0.15) is 40.0 Å². The van der Waals surface area contributed by atoms with E-state index in [2.05, 4.69) is 10.0 Å². The number of rotatable bonds is 8. The average Bonchev–Trinajstić information content (AvgIpc) is 2.38. The number of hydrogen-bond donors (Lipinski definition) is 2. The Morgan fingerprint density at radius 1 is 1.05 bits per heavy atom. The fourth-order valence-electron chi connectivity index (χ4n) is 1.68. The highest BCUT2D eigenvalue weighted by Gasteiger charge is 2.27. The fraction of sp³-hybridized carbons (Fsp3) is 0.600. The first kappa shape index (κ1) is 17.9. The molecular formula is C15H25FN2O2S. The molecule has 1 rings (SSSR count). The highest BCUT2D eigenvalue weighted by Crippen LogP contribution is 2.14. The number of para-hydroxylation sites is 1. The summed E-state index contributed by atoms with van der Waals surface area (Å²) >= 11 is 0. The zero-order chi connectivity index (χ0) is 15.9. The van der Waals surface area contributed by atoms with E-state index in [-0.39, 0.29) is 5.82 Å². The van der Waals surface area contributed by atoms with E-state index >= 15 is 0 Å². The van der Waals surface area contributed by atoms with Gasteiger partial charge in [0.2, 0.25) is 10.0 Å². The van der Waals surface area contributed by atoms with Gasteiger partial charge in [-0.3, -0.25) is 0 Å². The first-order chi connectivity index (χ1) is 9.74. The molecule has 0 saturated heterocycles. The molecule has 1 aromatic rings. The van der Waals surface area contributed by atoms with Crippen molar-refractivity contribution in [1.82, 2.24) is 4.72 Å². The van der Waals surface area contributed by atoms with Crippen LogP contribution in [0.2, 0.25) is 0 Å². The van der Waals surface area contributed by atoms with Gasteiger partial charge in [0.25, 0.3) is 0 Å². The van der Waals surface area contributed by atoms with Gasteiger partial charge in [-0.05, 0) is 45.7 Å². The topological polar surface area (TPSA) is 58.2 Å². The van der Waals surface area contributed by atoms with Gasteiger partial charge in [0, 0.05) is 13.1 Å². The summed E-state index contributed by atoms with van der Waals surface area (Å²) in [7, 11) is -3.25. The van der Waals surface area contributed by atoms with Crippen molar-refractivity contribution in [3.63, 3.8) is 0 Å². The van der Waals surface area contributed by atoms with Crippen LogP contribution >= 0.6 is 0 Å². The van der Waals surface area contributed by atoms with Crippen LogP contribution in [-0.2, 0) is 10.0 Å². The summed E-state index contributed by atoms with van der Waals surface area (Å²) in [5.74, 6) is -0.254. The van der Waals surface area contributed by atoms with E-state index in [1.807, 2.05) is 0 Å². The van der Waals surface area contributed by atoms with Crippen LogP contribution in [0.5, 0.6) is 0 Å². The minimum Gasteiger partial charge on any atom is -0.383 e. The van der Waals surface area contributed by atoms with E-state index in [9.17, 15) is 12.8 Å². The van der Waals surface area contributed by atoms with Crippen molar-refractivity contribution in [3.05, 3.63) is 30.1 Å². The van der Waals surface area contributed by atoms with E-state index in [0.29, 0.717) is 18.8 Å². The van der Waals surface area contributed by atoms with Crippen LogP contribution in [0.3, 0.4) is 0 Å². The van der Waals surface area contributed by atoms with Gasteiger partial charge in [0.05, 0.1) is 10.4 Å².